The van der Waals surface area contributed by atoms with Crippen molar-refractivity contribution in [2.75, 3.05) is 0 Å². The van der Waals surface area contributed by atoms with E-state index in [1.54, 1.807) is 0 Å². The van der Waals surface area contributed by atoms with Gasteiger partial charge in [-0.15, -0.1) is 0 Å². The second kappa shape index (κ2) is 4.54. The first-order valence-corrected chi connectivity index (χ1v) is 7.32. The summed E-state index contributed by atoms with van der Waals surface area (Å²) >= 11 is 12.4. The Hall–Kier alpha value is -0.980. The number of benzene rings is 2. The largest absolute Gasteiger partial charge is 0.0843 e. The van der Waals surface area contributed by atoms with Crippen LogP contribution in [-0.2, 0) is 5.41 Å². The van der Waals surface area contributed by atoms with Gasteiger partial charge in [0.25, 0.3) is 0 Å². The first kappa shape index (κ1) is 13.0. The maximum absolute atomic E-state index is 6.41. The Morgan fingerprint density at radius 1 is 0.947 bits per heavy atom. The monoisotopic (exact) mass is 290 g/mol. The first-order valence-electron chi connectivity index (χ1n) is 6.57. The van der Waals surface area contributed by atoms with Crippen molar-refractivity contribution in [1.82, 2.24) is 0 Å². The van der Waals surface area contributed by atoms with Gasteiger partial charge in [-0.05, 0) is 61.1 Å². The van der Waals surface area contributed by atoms with Gasteiger partial charge in [-0.3, -0.25) is 0 Å². The summed E-state index contributed by atoms with van der Waals surface area (Å²) in [5.74, 6) is 0. The molecule has 2 aromatic carbocycles. The Morgan fingerprint density at radius 3 is 2.32 bits per heavy atom. The van der Waals surface area contributed by atoms with Gasteiger partial charge >= 0.3 is 0 Å². The van der Waals surface area contributed by atoms with Crippen molar-refractivity contribution in [1.29, 1.82) is 0 Å². The van der Waals surface area contributed by atoms with Crippen LogP contribution in [0.5, 0.6) is 0 Å². The third-order valence-electron chi connectivity index (χ3n) is 4.32. The quantitative estimate of drug-likeness (QED) is 0.666. The molecular formula is C17H16Cl2. The lowest BCUT2D eigenvalue weighted by atomic mass is 9.84. The SMILES string of the molecule is Cc1cccc(C2(c3ccc(Cl)cc3Cl)CC2)c1C. The minimum Gasteiger partial charge on any atom is -0.0843 e. The standard InChI is InChI=1S/C17H16Cl2/c1-11-4-3-5-14(12(11)2)17(8-9-17)15-7-6-13(18)10-16(15)19/h3-7,10H,8-9H2,1-2H3. The maximum atomic E-state index is 6.41. The Kier molecular flexibility index (Phi) is 3.11. The topological polar surface area (TPSA) is 0 Å². The lowest BCUT2D eigenvalue weighted by molar-refractivity contribution is 0.835. The predicted octanol–water partition coefficient (Wildman–Crippen LogP) is 5.69. The van der Waals surface area contributed by atoms with E-state index < -0.39 is 0 Å². The molecule has 1 saturated carbocycles. The summed E-state index contributed by atoms with van der Waals surface area (Å²) in [6.45, 7) is 4.37. The number of hydrogen-bond donors (Lipinski definition) is 0. The summed E-state index contributed by atoms with van der Waals surface area (Å²) in [7, 11) is 0. The van der Waals surface area contributed by atoms with E-state index in [2.05, 4.69) is 38.1 Å². The average Bonchev–Trinajstić information content (AvgIpc) is 3.14. The average molecular weight is 291 g/mol. The second-order valence-corrected chi connectivity index (χ2v) is 6.30. The maximum Gasteiger partial charge on any atom is 0.0461 e. The molecule has 0 unspecified atom stereocenters. The molecule has 0 radical (unpaired) electrons. The Morgan fingerprint density at radius 2 is 1.68 bits per heavy atom. The molecule has 19 heavy (non-hydrogen) atoms. The zero-order valence-electron chi connectivity index (χ0n) is 11.1. The van der Waals surface area contributed by atoms with Gasteiger partial charge in [0.1, 0.15) is 0 Å². The summed E-state index contributed by atoms with van der Waals surface area (Å²) in [6.07, 6.45) is 2.33. The van der Waals surface area contributed by atoms with Gasteiger partial charge in [0.05, 0.1) is 0 Å². The van der Waals surface area contributed by atoms with E-state index in [9.17, 15) is 0 Å². The lowest BCUT2D eigenvalue weighted by Gasteiger charge is -2.21. The van der Waals surface area contributed by atoms with Crippen molar-refractivity contribution in [3.05, 3.63) is 68.7 Å². The van der Waals surface area contributed by atoms with Gasteiger partial charge in [-0.2, -0.15) is 0 Å². The van der Waals surface area contributed by atoms with Gasteiger partial charge in [0.2, 0.25) is 0 Å². The Bertz CT molecular complexity index is 640. The van der Waals surface area contributed by atoms with Gasteiger partial charge in [0.15, 0.2) is 0 Å². The molecule has 0 aliphatic heterocycles. The molecular weight excluding hydrogens is 275 g/mol. The van der Waals surface area contributed by atoms with E-state index >= 15 is 0 Å². The molecule has 1 aliphatic rings. The van der Waals surface area contributed by atoms with E-state index in [0.717, 1.165) is 5.02 Å². The van der Waals surface area contributed by atoms with Crippen molar-refractivity contribution >= 4 is 23.2 Å². The van der Waals surface area contributed by atoms with Crippen LogP contribution in [0.15, 0.2) is 36.4 Å². The third kappa shape index (κ3) is 2.07. The highest BCUT2D eigenvalue weighted by atomic mass is 35.5. The van der Waals surface area contributed by atoms with E-state index in [1.807, 2.05) is 12.1 Å². The highest BCUT2D eigenvalue weighted by Crippen LogP contribution is 2.56. The number of rotatable bonds is 2. The van der Waals surface area contributed by atoms with Crippen molar-refractivity contribution in [2.45, 2.75) is 32.1 Å². The van der Waals surface area contributed by atoms with Crippen LogP contribution in [0.1, 0.15) is 35.1 Å². The molecule has 0 heterocycles. The predicted molar refractivity (Wildman–Crippen MR) is 82.4 cm³/mol. The van der Waals surface area contributed by atoms with Crippen LogP contribution in [0, 0.1) is 13.8 Å². The van der Waals surface area contributed by atoms with E-state index in [0.29, 0.717) is 5.02 Å². The molecule has 0 nitrogen and oxygen atoms in total. The fourth-order valence-corrected chi connectivity index (χ4v) is 3.55. The molecule has 1 aliphatic carbocycles. The highest BCUT2D eigenvalue weighted by Gasteiger charge is 2.47. The zero-order valence-corrected chi connectivity index (χ0v) is 12.6. The summed E-state index contributed by atoms with van der Waals surface area (Å²) in [5.41, 5.74) is 5.46. The molecule has 2 aromatic rings. The van der Waals surface area contributed by atoms with Gasteiger partial charge in [0, 0.05) is 15.5 Å². The molecule has 3 rings (SSSR count). The minimum atomic E-state index is 0.109. The summed E-state index contributed by atoms with van der Waals surface area (Å²) < 4.78 is 0. The molecule has 0 spiro atoms. The highest BCUT2D eigenvalue weighted by molar-refractivity contribution is 6.35. The van der Waals surface area contributed by atoms with Crippen molar-refractivity contribution in [3.63, 3.8) is 0 Å². The van der Waals surface area contributed by atoms with Crippen LogP contribution in [0.2, 0.25) is 10.0 Å². The van der Waals surface area contributed by atoms with Crippen LogP contribution < -0.4 is 0 Å². The van der Waals surface area contributed by atoms with Crippen LogP contribution >= 0.6 is 23.2 Å². The number of halogens is 2. The molecule has 98 valence electrons. The van der Waals surface area contributed by atoms with E-state index in [4.69, 9.17) is 23.2 Å². The van der Waals surface area contributed by atoms with Crippen molar-refractivity contribution in [3.8, 4) is 0 Å². The smallest absolute Gasteiger partial charge is 0.0461 e. The Labute approximate surface area is 124 Å². The fourth-order valence-electron chi connectivity index (χ4n) is 2.96. The van der Waals surface area contributed by atoms with Crippen molar-refractivity contribution in [2.24, 2.45) is 0 Å². The van der Waals surface area contributed by atoms with Crippen LogP contribution in [0.3, 0.4) is 0 Å². The number of aryl methyl sites for hydroxylation is 1. The second-order valence-electron chi connectivity index (χ2n) is 5.45. The third-order valence-corrected chi connectivity index (χ3v) is 4.86. The van der Waals surface area contributed by atoms with Crippen LogP contribution in [0.4, 0.5) is 0 Å². The molecule has 0 amide bonds. The molecule has 0 N–H and O–H groups in total. The lowest BCUT2D eigenvalue weighted by Crippen LogP contribution is -2.11. The van der Waals surface area contributed by atoms with Gasteiger partial charge in [-0.25, -0.2) is 0 Å². The minimum absolute atomic E-state index is 0.109. The number of hydrogen-bond acceptors (Lipinski definition) is 0. The molecule has 0 bridgehead atoms. The fraction of sp³-hybridized carbons (Fsp3) is 0.294. The van der Waals surface area contributed by atoms with Crippen LogP contribution in [0.25, 0.3) is 0 Å². The van der Waals surface area contributed by atoms with Gasteiger partial charge < -0.3 is 0 Å². The molecule has 1 fully saturated rings. The van der Waals surface area contributed by atoms with E-state index in [1.165, 1.54) is 35.1 Å². The molecule has 0 aromatic heterocycles. The summed E-state index contributed by atoms with van der Waals surface area (Å²) in [6, 6.07) is 12.4. The zero-order chi connectivity index (χ0) is 13.6. The normalized spacial score (nSPS) is 16.4. The molecule has 0 atom stereocenters. The molecule has 2 heteroatoms. The Balaban J connectivity index is 2.16. The van der Waals surface area contributed by atoms with Gasteiger partial charge in [-0.1, -0.05) is 47.5 Å². The van der Waals surface area contributed by atoms with Crippen LogP contribution in [-0.4, -0.2) is 0 Å². The van der Waals surface area contributed by atoms with E-state index in [-0.39, 0.29) is 5.41 Å². The molecule has 0 saturated heterocycles. The van der Waals surface area contributed by atoms with Crippen molar-refractivity contribution < 1.29 is 0 Å². The summed E-state index contributed by atoms with van der Waals surface area (Å²) in [5, 5.41) is 1.48. The first-order chi connectivity index (χ1) is 9.04. The summed E-state index contributed by atoms with van der Waals surface area (Å²) in [4.78, 5) is 0.